The molecule has 0 heterocycles. The largest absolute Gasteiger partial charge is 0.395 e. The Morgan fingerprint density at radius 2 is 1.86 bits per heavy atom. The second kappa shape index (κ2) is 7.05. The number of likely N-dealkylation sites (N-methyl/N-ethyl adjacent to an activating group) is 1. The lowest BCUT2D eigenvalue weighted by atomic mass is 10.1. The average molecular weight is 311 g/mol. The van der Waals surface area contributed by atoms with Crippen molar-refractivity contribution in [2.45, 2.75) is 30.7 Å². The number of hydrogen-bond donors (Lipinski definition) is 2. The van der Waals surface area contributed by atoms with Crippen molar-refractivity contribution in [1.82, 2.24) is 4.31 Å². The Balaban J connectivity index is 3.31. The van der Waals surface area contributed by atoms with Crippen molar-refractivity contribution in [2.24, 2.45) is 0 Å². The predicted molar refractivity (Wildman–Crippen MR) is 81.1 cm³/mol. The molecule has 0 aromatic heterocycles. The summed E-state index contributed by atoms with van der Waals surface area (Å²) in [5.41, 5.74) is -0.531. The summed E-state index contributed by atoms with van der Waals surface area (Å²) in [4.78, 5) is 0.0967. The lowest BCUT2D eigenvalue weighted by molar-refractivity contribution is 0.138. The van der Waals surface area contributed by atoms with Gasteiger partial charge in [0.05, 0.1) is 23.6 Å². The molecule has 1 aromatic carbocycles. The fraction of sp³-hybridized carbons (Fsp3) is 0.467. The summed E-state index contributed by atoms with van der Waals surface area (Å²) in [6.45, 7) is 2.93. The van der Waals surface area contributed by atoms with Gasteiger partial charge in [0.1, 0.15) is 0 Å². The van der Waals surface area contributed by atoms with Crippen LogP contribution in [-0.2, 0) is 10.0 Å². The first-order valence-corrected chi connectivity index (χ1v) is 8.00. The molecular formula is C15H21NO4S. The van der Waals surface area contributed by atoms with E-state index in [1.165, 1.54) is 13.1 Å². The first kappa shape index (κ1) is 17.7. The lowest BCUT2D eigenvalue weighted by Gasteiger charge is -2.33. The maximum Gasteiger partial charge on any atom is 0.244 e. The molecule has 6 heteroatoms. The van der Waals surface area contributed by atoms with Crippen LogP contribution in [0, 0.1) is 11.8 Å². The number of benzene rings is 1. The van der Waals surface area contributed by atoms with Crippen molar-refractivity contribution in [3.8, 4) is 11.8 Å². The first-order valence-electron chi connectivity index (χ1n) is 6.56. The van der Waals surface area contributed by atoms with E-state index in [0.29, 0.717) is 5.56 Å². The van der Waals surface area contributed by atoms with Gasteiger partial charge in [-0.2, -0.15) is 4.31 Å². The molecule has 0 saturated carbocycles. The highest BCUT2D eigenvalue weighted by Gasteiger charge is 2.34. The summed E-state index contributed by atoms with van der Waals surface area (Å²) in [5, 5.41) is 18.1. The van der Waals surface area contributed by atoms with Gasteiger partial charge in [-0.3, -0.25) is 0 Å². The van der Waals surface area contributed by atoms with Gasteiger partial charge >= 0.3 is 0 Å². The smallest absolute Gasteiger partial charge is 0.244 e. The third-order valence-corrected chi connectivity index (χ3v) is 5.35. The van der Waals surface area contributed by atoms with Gasteiger partial charge in [0.15, 0.2) is 0 Å². The van der Waals surface area contributed by atoms with Crippen molar-refractivity contribution in [3.63, 3.8) is 0 Å². The summed E-state index contributed by atoms with van der Waals surface area (Å²) in [6, 6.07) is 6.45. The summed E-state index contributed by atoms with van der Waals surface area (Å²) in [6.07, 6.45) is 0.284. The van der Waals surface area contributed by atoms with Gasteiger partial charge in [-0.05, 0) is 26.0 Å². The molecule has 0 saturated heterocycles. The van der Waals surface area contributed by atoms with E-state index in [9.17, 15) is 13.5 Å². The van der Waals surface area contributed by atoms with Crippen LogP contribution < -0.4 is 0 Å². The Morgan fingerprint density at radius 1 is 1.24 bits per heavy atom. The average Bonchev–Trinajstić information content (AvgIpc) is 2.47. The molecule has 0 aliphatic heterocycles. The van der Waals surface area contributed by atoms with E-state index >= 15 is 0 Å². The number of sulfonamides is 1. The maximum absolute atomic E-state index is 12.7. The van der Waals surface area contributed by atoms with Crippen molar-refractivity contribution >= 4 is 10.0 Å². The zero-order chi connectivity index (χ0) is 16.1. The molecule has 0 amide bonds. The topological polar surface area (TPSA) is 77.8 Å². The van der Waals surface area contributed by atoms with E-state index in [1.807, 2.05) is 0 Å². The third kappa shape index (κ3) is 4.05. The number of aliphatic hydroxyl groups excluding tert-OH is 2. The van der Waals surface area contributed by atoms with E-state index in [2.05, 4.69) is 11.8 Å². The predicted octanol–water partition coefficient (Wildman–Crippen LogP) is 0.812. The van der Waals surface area contributed by atoms with E-state index in [1.54, 1.807) is 32.0 Å². The van der Waals surface area contributed by atoms with Crippen molar-refractivity contribution in [2.75, 3.05) is 20.3 Å². The van der Waals surface area contributed by atoms with Crippen LogP contribution in [-0.4, -0.2) is 48.7 Å². The molecule has 0 atom stereocenters. The minimum atomic E-state index is -3.77. The maximum atomic E-state index is 12.7. The normalized spacial score (nSPS) is 12.1. The SMILES string of the molecule is CN(C(C)(C)CO)S(=O)(=O)c1ccccc1C#CCCO. The van der Waals surface area contributed by atoms with Gasteiger partial charge in [-0.1, -0.05) is 24.0 Å². The molecule has 0 spiro atoms. The Labute approximate surface area is 126 Å². The number of aliphatic hydroxyl groups is 2. The van der Waals surface area contributed by atoms with Gasteiger partial charge in [-0.25, -0.2) is 8.42 Å². The van der Waals surface area contributed by atoms with Crippen LogP contribution in [0.2, 0.25) is 0 Å². The molecule has 0 radical (unpaired) electrons. The number of nitrogens with zero attached hydrogens (tertiary/aromatic N) is 1. The van der Waals surface area contributed by atoms with Crippen molar-refractivity contribution < 1.29 is 18.6 Å². The standard InChI is InChI=1S/C15H21NO4S/c1-15(2,12-18)16(3)21(19,20)14-10-5-4-8-13(14)9-6-7-11-17/h4-5,8,10,17-18H,7,11-12H2,1-3H3. The van der Waals surface area contributed by atoms with Gasteiger partial charge in [0, 0.05) is 19.0 Å². The molecule has 21 heavy (non-hydrogen) atoms. The van der Waals surface area contributed by atoms with Crippen LogP contribution in [0.3, 0.4) is 0 Å². The second-order valence-electron chi connectivity index (χ2n) is 5.21. The van der Waals surface area contributed by atoms with Crippen molar-refractivity contribution in [1.29, 1.82) is 0 Å². The Morgan fingerprint density at radius 3 is 2.43 bits per heavy atom. The van der Waals surface area contributed by atoms with E-state index in [-0.39, 0.29) is 24.5 Å². The second-order valence-corrected chi connectivity index (χ2v) is 7.15. The summed E-state index contributed by atoms with van der Waals surface area (Å²) in [7, 11) is -2.33. The number of hydrogen-bond acceptors (Lipinski definition) is 4. The molecule has 5 nitrogen and oxygen atoms in total. The fourth-order valence-corrected chi connectivity index (χ4v) is 3.23. The molecule has 116 valence electrons. The summed E-state index contributed by atoms with van der Waals surface area (Å²) in [5.74, 6) is 5.49. The van der Waals surface area contributed by atoms with Gasteiger partial charge in [0.25, 0.3) is 0 Å². The Kier molecular flexibility index (Phi) is 5.93. The fourth-order valence-electron chi connectivity index (χ4n) is 1.58. The highest BCUT2D eigenvalue weighted by atomic mass is 32.2. The molecule has 0 bridgehead atoms. The third-order valence-electron chi connectivity index (χ3n) is 3.22. The highest BCUT2D eigenvalue weighted by Crippen LogP contribution is 2.24. The summed E-state index contributed by atoms with van der Waals surface area (Å²) >= 11 is 0. The molecule has 1 rings (SSSR count). The van der Waals surface area contributed by atoms with E-state index in [0.717, 1.165) is 4.31 Å². The van der Waals surface area contributed by atoms with E-state index < -0.39 is 15.6 Å². The minimum absolute atomic E-state index is 0.0701. The molecule has 2 N–H and O–H groups in total. The molecular weight excluding hydrogens is 290 g/mol. The Hall–Kier alpha value is -1.39. The van der Waals surface area contributed by atoms with Crippen molar-refractivity contribution in [3.05, 3.63) is 29.8 Å². The number of rotatable bonds is 5. The molecule has 0 unspecified atom stereocenters. The lowest BCUT2D eigenvalue weighted by Crippen LogP contribution is -2.47. The first-order chi connectivity index (χ1) is 9.77. The Bertz CT molecular complexity index is 641. The van der Waals surface area contributed by atoms with E-state index in [4.69, 9.17) is 5.11 Å². The van der Waals surface area contributed by atoms with Gasteiger partial charge in [0.2, 0.25) is 10.0 Å². The minimum Gasteiger partial charge on any atom is -0.395 e. The molecule has 0 aliphatic rings. The van der Waals surface area contributed by atoms with Crippen LogP contribution in [0.5, 0.6) is 0 Å². The molecule has 0 fully saturated rings. The quantitative estimate of drug-likeness (QED) is 0.789. The van der Waals surface area contributed by atoms with Crippen LogP contribution in [0.4, 0.5) is 0 Å². The van der Waals surface area contributed by atoms with Gasteiger partial charge in [-0.15, -0.1) is 0 Å². The zero-order valence-corrected chi connectivity index (χ0v) is 13.3. The summed E-state index contributed by atoms with van der Waals surface area (Å²) < 4.78 is 26.5. The van der Waals surface area contributed by atoms with Crippen LogP contribution >= 0.6 is 0 Å². The van der Waals surface area contributed by atoms with Crippen LogP contribution in [0.1, 0.15) is 25.8 Å². The zero-order valence-electron chi connectivity index (χ0n) is 12.5. The molecule has 1 aromatic rings. The van der Waals surface area contributed by atoms with Crippen LogP contribution in [0.15, 0.2) is 29.2 Å². The molecule has 0 aliphatic carbocycles. The van der Waals surface area contributed by atoms with Gasteiger partial charge < -0.3 is 10.2 Å². The highest BCUT2D eigenvalue weighted by molar-refractivity contribution is 7.89. The monoisotopic (exact) mass is 311 g/mol. The van der Waals surface area contributed by atoms with Crippen LogP contribution in [0.25, 0.3) is 0 Å².